The number of nitriles is 1. The molecule has 0 unspecified atom stereocenters. The monoisotopic (exact) mass is 375 g/mol. The number of nitrogens with one attached hydrogen (secondary N) is 2. The van der Waals surface area contributed by atoms with E-state index < -0.39 is 0 Å². The van der Waals surface area contributed by atoms with Gasteiger partial charge in [-0.1, -0.05) is 0 Å². The maximum Gasteiger partial charge on any atom is 0.130 e. The molecule has 2 aromatic heterocycles. The van der Waals surface area contributed by atoms with Crippen LogP contribution in [0.3, 0.4) is 0 Å². The summed E-state index contributed by atoms with van der Waals surface area (Å²) >= 11 is 1.56. The lowest BCUT2D eigenvalue weighted by atomic mass is 10.1. The number of piperazine rings is 1. The average molecular weight is 376 g/mol. The van der Waals surface area contributed by atoms with Crippen LogP contribution in [-0.4, -0.2) is 31.2 Å². The molecule has 3 heterocycles. The molecule has 0 radical (unpaired) electrons. The van der Waals surface area contributed by atoms with Gasteiger partial charge in [-0.05, 0) is 54.7 Å². The quantitative estimate of drug-likeness (QED) is 0.716. The Hall–Kier alpha value is -2.62. The van der Waals surface area contributed by atoms with Crippen LogP contribution < -0.4 is 15.5 Å². The molecule has 3 aromatic rings. The number of aromatic nitrogens is 1. The van der Waals surface area contributed by atoms with E-state index in [9.17, 15) is 5.26 Å². The molecule has 6 heteroatoms. The van der Waals surface area contributed by atoms with E-state index >= 15 is 0 Å². The molecule has 5 rings (SSSR count). The normalized spacial score (nSPS) is 17.1. The van der Waals surface area contributed by atoms with Crippen LogP contribution in [0.2, 0.25) is 0 Å². The molecule has 5 nitrogen and oxygen atoms in total. The molecule has 1 aromatic carbocycles. The van der Waals surface area contributed by atoms with Crippen LogP contribution in [0, 0.1) is 11.3 Å². The van der Waals surface area contributed by atoms with E-state index in [1.807, 2.05) is 6.20 Å². The molecule has 0 bridgehead atoms. The summed E-state index contributed by atoms with van der Waals surface area (Å²) in [5, 5.41) is 17.4. The molecule has 2 N–H and O–H groups in total. The Morgan fingerprint density at radius 3 is 2.67 bits per heavy atom. The number of hydrogen-bond acceptors (Lipinski definition) is 6. The molecule has 136 valence electrons. The molecule has 0 atom stereocenters. The van der Waals surface area contributed by atoms with Gasteiger partial charge in [0.2, 0.25) is 0 Å². The zero-order valence-corrected chi connectivity index (χ0v) is 15.9. The maximum absolute atomic E-state index is 9.45. The SMILES string of the molecule is N#Cc1sc2cnc(Nc3ccc(N4CCNCC4)cc3)cc2c1C1CC1. The minimum Gasteiger partial charge on any atom is -0.369 e. The van der Waals surface area contributed by atoms with Crippen LogP contribution in [0.1, 0.15) is 29.2 Å². The third-order valence-corrected chi connectivity index (χ3v) is 6.38. The highest BCUT2D eigenvalue weighted by Gasteiger charge is 2.30. The van der Waals surface area contributed by atoms with E-state index in [1.54, 1.807) is 11.3 Å². The first kappa shape index (κ1) is 16.5. The Kier molecular flexibility index (Phi) is 4.19. The summed E-state index contributed by atoms with van der Waals surface area (Å²) in [4.78, 5) is 7.81. The maximum atomic E-state index is 9.45. The van der Waals surface area contributed by atoms with Gasteiger partial charge in [0.1, 0.15) is 16.8 Å². The number of rotatable bonds is 4. The lowest BCUT2D eigenvalue weighted by Gasteiger charge is -2.29. The van der Waals surface area contributed by atoms with Crippen molar-refractivity contribution in [2.45, 2.75) is 18.8 Å². The van der Waals surface area contributed by atoms with Crippen molar-refractivity contribution < 1.29 is 0 Å². The number of nitrogens with zero attached hydrogens (tertiary/aromatic N) is 3. The van der Waals surface area contributed by atoms with Gasteiger partial charge in [-0.2, -0.15) is 5.26 Å². The highest BCUT2D eigenvalue weighted by molar-refractivity contribution is 7.19. The van der Waals surface area contributed by atoms with Crippen LogP contribution in [0.5, 0.6) is 0 Å². The number of pyridine rings is 1. The van der Waals surface area contributed by atoms with Gasteiger partial charge in [-0.15, -0.1) is 11.3 Å². The molecule has 1 saturated carbocycles. The Bertz CT molecular complexity index is 1010. The Balaban J connectivity index is 1.39. The predicted molar refractivity (Wildman–Crippen MR) is 111 cm³/mol. The van der Waals surface area contributed by atoms with E-state index in [1.165, 1.54) is 29.5 Å². The van der Waals surface area contributed by atoms with E-state index in [2.05, 4.69) is 56.9 Å². The lowest BCUT2D eigenvalue weighted by molar-refractivity contribution is 0.589. The van der Waals surface area contributed by atoms with E-state index in [0.29, 0.717) is 5.92 Å². The second kappa shape index (κ2) is 6.84. The molecule has 2 fully saturated rings. The van der Waals surface area contributed by atoms with Gasteiger partial charge in [0, 0.05) is 49.1 Å². The van der Waals surface area contributed by atoms with Crippen molar-refractivity contribution in [2.75, 3.05) is 36.4 Å². The Morgan fingerprint density at radius 2 is 1.96 bits per heavy atom. The smallest absolute Gasteiger partial charge is 0.130 e. The molecule has 0 amide bonds. The van der Waals surface area contributed by atoms with Gasteiger partial charge < -0.3 is 15.5 Å². The zero-order chi connectivity index (χ0) is 18.2. The summed E-state index contributed by atoms with van der Waals surface area (Å²) in [6.45, 7) is 4.18. The van der Waals surface area contributed by atoms with Gasteiger partial charge in [-0.25, -0.2) is 4.98 Å². The Morgan fingerprint density at radius 1 is 1.19 bits per heavy atom. The van der Waals surface area contributed by atoms with E-state index in [0.717, 1.165) is 47.3 Å². The van der Waals surface area contributed by atoms with Crippen molar-refractivity contribution in [3.8, 4) is 6.07 Å². The molecule has 1 saturated heterocycles. The minimum absolute atomic E-state index is 0.557. The van der Waals surface area contributed by atoms with Crippen molar-refractivity contribution in [2.24, 2.45) is 0 Å². The van der Waals surface area contributed by atoms with Gasteiger partial charge in [0.25, 0.3) is 0 Å². The fraction of sp³-hybridized carbons (Fsp3) is 0.333. The molecular formula is C21H21N5S. The number of fused-ring (bicyclic) bond motifs is 1. The predicted octanol–water partition coefficient (Wildman–Crippen LogP) is 4.20. The molecule has 27 heavy (non-hydrogen) atoms. The highest BCUT2D eigenvalue weighted by Crippen LogP contribution is 2.48. The first-order valence-corrected chi connectivity index (χ1v) is 10.3. The van der Waals surface area contributed by atoms with Crippen LogP contribution >= 0.6 is 11.3 Å². The summed E-state index contributed by atoms with van der Waals surface area (Å²) in [6, 6.07) is 13.0. The Labute approximate surface area is 162 Å². The number of thiophene rings is 1. The summed E-state index contributed by atoms with van der Waals surface area (Å²) in [5.41, 5.74) is 3.53. The highest BCUT2D eigenvalue weighted by atomic mass is 32.1. The second-order valence-corrected chi connectivity index (χ2v) is 8.26. The first-order chi connectivity index (χ1) is 13.3. The molecule has 2 aliphatic rings. The minimum atomic E-state index is 0.557. The molecule has 0 spiro atoms. The van der Waals surface area contributed by atoms with Crippen molar-refractivity contribution in [3.05, 3.63) is 47.0 Å². The van der Waals surface area contributed by atoms with Crippen molar-refractivity contribution in [3.63, 3.8) is 0 Å². The van der Waals surface area contributed by atoms with Gasteiger partial charge in [0.05, 0.1) is 4.70 Å². The van der Waals surface area contributed by atoms with Crippen LogP contribution in [0.15, 0.2) is 36.5 Å². The van der Waals surface area contributed by atoms with Gasteiger partial charge >= 0.3 is 0 Å². The summed E-state index contributed by atoms with van der Waals surface area (Å²) in [6.07, 6.45) is 4.28. The number of benzene rings is 1. The fourth-order valence-electron chi connectivity index (χ4n) is 3.78. The standard InChI is InChI=1S/C21H21N5S/c22-12-18-21(14-1-2-14)17-11-20(24-13-19(17)27-18)25-15-3-5-16(6-4-15)26-9-7-23-8-10-26/h3-6,11,13-14,23H,1-2,7-10H2,(H,24,25). The van der Waals surface area contributed by atoms with Crippen molar-refractivity contribution in [1.29, 1.82) is 5.26 Å². The van der Waals surface area contributed by atoms with E-state index in [4.69, 9.17) is 0 Å². The fourth-order valence-corrected chi connectivity index (χ4v) is 4.81. The zero-order valence-electron chi connectivity index (χ0n) is 15.0. The van der Waals surface area contributed by atoms with E-state index in [-0.39, 0.29) is 0 Å². The molecule has 1 aliphatic heterocycles. The first-order valence-electron chi connectivity index (χ1n) is 9.47. The van der Waals surface area contributed by atoms with Crippen molar-refractivity contribution >= 4 is 38.6 Å². The average Bonchev–Trinajstić information content (AvgIpc) is 3.49. The largest absolute Gasteiger partial charge is 0.369 e. The molecular weight excluding hydrogens is 354 g/mol. The van der Waals surface area contributed by atoms with Gasteiger partial charge in [-0.3, -0.25) is 0 Å². The topological polar surface area (TPSA) is 64.0 Å². The third-order valence-electron chi connectivity index (χ3n) is 5.32. The molecule has 1 aliphatic carbocycles. The number of hydrogen-bond donors (Lipinski definition) is 2. The summed E-state index contributed by atoms with van der Waals surface area (Å²) < 4.78 is 1.10. The number of anilines is 3. The third kappa shape index (κ3) is 3.25. The van der Waals surface area contributed by atoms with Crippen LogP contribution in [0.4, 0.5) is 17.2 Å². The van der Waals surface area contributed by atoms with Crippen molar-refractivity contribution in [1.82, 2.24) is 10.3 Å². The van der Waals surface area contributed by atoms with Crippen LogP contribution in [0.25, 0.3) is 10.1 Å². The summed E-state index contributed by atoms with van der Waals surface area (Å²) in [5.74, 6) is 1.39. The summed E-state index contributed by atoms with van der Waals surface area (Å²) in [7, 11) is 0. The second-order valence-electron chi connectivity index (χ2n) is 7.21. The van der Waals surface area contributed by atoms with Crippen LogP contribution in [-0.2, 0) is 0 Å². The van der Waals surface area contributed by atoms with Gasteiger partial charge in [0.15, 0.2) is 0 Å². The lowest BCUT2D eigenvalue weighted by Crippen LogP contribution is -2.43.